The number of carbonyl (C=O) groups excluding carboxylic acids is 1. The molecule has 3 heterocycles. The number of halogens is 5. The van der Waals surface area contributed by atoms with Crippen LogP contribution in [0.4, 0.5) is 23.2 Å². The summed E-state index contributed by atoms with van der Waals surface area (Å²) in [4.78, 5) is 43.0. The van der Waals surface area contributed by atoms with E-state index in [2.05, 4.69) is 15.4 Å². The second-order valence-corrected chi connectivity index (χ2v) is 9.91. The highest BCUT2D eigenvalue weighted by Gasteiger charge is 2.25. The van der Waals surface area contributed by atoms with E-state index in [1.54, 1.807) is 7.05 Å². The maximum Gasteiger partial charge on any atom is 0.332 e. The van der Waals surface area contributed by atoms with Gasteiger partial charge < -0.3 is 5.32 Å². The van der Waals surface area contributed by atoms with Crippen LogP contribution in [-0.2, 0) is 31.4 Å². The zero-order chi connectivity index (χ0) is 29.2. The number of fused-ring (bicyclic) bond motifs is 2. The molecule has 2 aromatic heterocycles. The van der Waals surface area contributed by atoms with Crippen molar-refractivity contribution in [3.05, 3.63) is 109 Å². The van der Waals surface area contributed by atoms with Crippen molar-refractivity contribution in [1.82, 2.24) is 23.9 Å². The van der Waals surface area contributed by atoms with Crippen LogP contribution in [0.3, 0.4) is 0 Å². The number of anilines is 1. The van der Waals surface area contributed by atoms with Crippen LogP contribution < -0.4 is 16.6 Å². The Bertz CT molecular complexity index is 2030. The highest BCUT2D eigenvalue weighted by atomic mass is 35.5. The molecule has 0 bridgehead atoms. The third-order valence-corrected chi connectivity index (χ3v) is 7.08. The first-order valence-electron chi connectivity index (χ1n) is 12.1. The number of carbonyl (C=O) groups is 1. The quantitative estimate of drug-likeness (QED) is 0.250. The summed E-state index contributed by atoms with van der Waals surface area (Å²) in [7, 11) is 1.59. The topological polar surface area (TPSA) is 104 Å². The van der Waals surface area contributed by atoms with Gasteiger partial charge in [-0.25, -0.2) is 27.3 Å². The van der Waals surface area contributed by atoms with Gasteiger partial charge in [0.2, 0.25) is 5.91 Å². The van der Waals surface area contributed by atoms with Crippen LogP contribution in [0.2, 0.25) is 5.02 Å². The lowest BCUT2D eigenvalue weighted by atomic mass is 9.99. The summed E-state index contributed by atoms with van der Waals surface area (Å²) in [6, 6.07) is 6.96. The fourth-order valence-electron chi connectivity index (χ4n) is 4.90. The predicted molar refractivity (Wildman–Crippen MR) is 141 cm³/mol. The van der Waals surface area contributed by atoms with Gasteiger partial charge in [0.15, 0.2) is 29.1 Å². The Morgan fingerprint density at radius 2 is 1.66 bits per heavy atom. The number of amides is 1. The van der Waals surface area contributed by atoms with Crippen molar-refractivity contribution in [2.24, 2.45) is 7.05 Å². The lowest BCUT2D eigenvalue weighted by Crippen LogP contribution is -2.41. The van der Waals surface area contributed by atoms with E-state index in [4.69, 9.17) is 11.6 Å². The van der Waals surface area contributed by atoms with Crippen LogP contribution >= 0.6 is 11.6 Å². The molecule has 1 aliphatic rings. The molecule has 1 amide bonds. The molecule has 9 nitrogen and oxygen atoms in total. The molecule has 0 radical (unpaired) electrons. The second-order valence-electron chi connectivity index (χ2n) is 9.51. The molecule has 3 aromatic carbocycles. The Balaban J connectivity index is 1.61. The first-order chi connectivity index (χ1) is 19.5. The molecule has 1 aliphatic heterocycles. The van der Waals surface area contributed by atoms with E-state index in [-0.39, 0.29) is 51.8 Å². The highest BCUT2D eigenvalue weighted by molar-refractivity contribution is 6.34. The van der Waals surface area contributed by atoms with Gasteiger partial charge in [-0.1, -0.05) is 17.7 Å². The number of hydrogen-bond acceptors (Lipinski definition) is 5. The van der Waals surface area contributed by atoms with Crippen LogP contribution in [-0.4, -0.2) is 29.8 Å². The highest BCUT2D eigenvalue weighted by Crippen LogP contribution is 2.38. The van der Waals surface area contributed by atoms with Crippen LogP contribution in [0, 0.1) is 23.3 Å². The van der Waals surface area contributed by atoms with Gasteiger partial charge in [0.05, 0.1) is 35.4 Å². The smallest absolute Gasteiger partial charge is 0.325 e. The Hall–Kier alpha value is -4.78. The molecule has 208 valence electrons. The maximum absolute atomic E-state index is 16.4. The molecule has 5 aromatic rings. The third kappa shape index (κ3) is 4.47. The predicted octanol–water partition coefficient (Wildman–Crippen LogP) is 3.76. The van der Waals surface area contributed by atoms with E-state index in [1.807, 2.05) is 0 Å². The first-order valence-corrected chi connectivity index (χ1v) is 12.5. The van der Waals surface area contributed by atoms with Gasteiger partial charge in [-0.15, -0.1) is 0 Å². The fourth-order valence-corrected chi connectivity index (χ4v) is 5.17. The van der Waals surface area contributed by atoms with Gasteiger partial charge in [0.25, 0.3) is 5.56 Å². The number of nitrogens with one attached hydrogen (secondary N) is 1. The van der Waals surface area contributed by atoms with Crippen LogP contribution in [0.25, 0.3) is 22.0 Å². The zero-order valence-electron chi connectivity index (χ0n) is 21.0. The monoisotopic (exact) mass is 584 g/mol. The molecule has 41 heavy (non-hydrogen) atoms. The standard InChI is InChI=1S/C27H17ClF4N6O3/c1-36-11-33-21(35-36)10-38-26(40)15-3-2-14(16-6-13-7-22(39)34-20(13)8-17(16)28)23(31)25(15)37(27(38)41)9-12-4-18(29)24(32)19(30)5-12/h2-6,8,11H,7,9-10H2,1H3,(H,34,39). The molecule has 0 saturated carbocycles. The van der Waals surface area contributed by atoms with Crippen molar-refractivity contribution < 1.29 is 22.4 Å². The molecule has 0 aliphatic carbocycles. The van der Waals surface area contributed by atoms with Gasteiger partial charge in [-0.2, -0.15) is 5.10 Å². The molecule has 0 atom stereocenters. The average Bonchev–Trinajstić information content (AvgIpc) is 3.50. The summed E-state index contributed by atoms with van der Waals surface area (Å²) in [5, 5.41) is 6.59. The average molecular weight is 585 g/mol. The third-order valence-electron chi connectivity index (χ3n) is 6.76. The van der Waals surface area contributed by atoms with Crippen LogP contribution in [0.5, 0.6) is 0 Å². The van der Waals surface area contributed by atoms with Crippen molar-refractivity contribution in [3.63, 3.8) is 0 Å². The minimum absolute atomic E-state index is 0.0490. The van der Waals surface area contributed by atoms with Gasteiger partial charge in [0.1, 0.15) is 6.33 Å². The van der Waals surface area contributed by atoms with Crippen molar-refractivity contribution in [1.29, 1.82) is 0 Å². The minimum atomic E-state index is -1.70. The maximum atomic E-state index is 16.4. The number of rotatable bonds is 5. The summed E-state index contributed by atoms with van der Waals surface area (Å²) in [5.41, 5.74) is -1.38. The number of aromatic nitrogens is 5. The van der Waals surface area contributed by atoms with E-state index >= 15 is 4.39 Å². The van der Waals surface area contributed by atoms with Crippen molar-refractivity contribution in [2.75, 3.05) is 5.32 Å². The van der Waals surface area contributed by atoms with E-state index < -0.39 is 46.6 Å². The minimum Gasteiger partial charge on any atom is -0.325 e. The summed E-state index contributed by atoms with van der Waals surface area (Å²) >= 11 is 6.43. The van der Waals surface area contributed by atoms with E-state index in [0.717, 1.165) is 9.13 Å². The zero-order valence-corrected chi connectivity index (χ0v) is 21.8. The SMILES string of the molecule is Cn1cnc(Cn2c(=O)c3ccc(-c4cc5c(cc4Cl)NC(=O)C5)c(F)c3n(Cc3cc(F)c(F)c(F)c3)c2=O)n1. The Kier molecular flexibility index (Phi) is 6.25. The molecule has 0 spiro atoms. The Morgan fingerprint density at radius 1 is 0.927 bits per heavy atom. The summed E-state index contributed by atoms with van der Waals surface area (Å²) in [6.45, 7) is -0.988. The van der Waals surface area contributed by atoms with Crippen molar-refractivity contribution in [3.8, 4) is 11.1 Å². The molecule has 6 rings (SSSR count). The lowest BCUT2D eigenvalue weighted by Gasteiger charge is -2.17. The molecular formula is C27H17ClF4N6O3. The normalized spacial score (nSPS) is 12.7. The van der Waals surface area contributed by atoms with Gasteiger partial charge >= 0.3 is 5.69 Å². The van der Waals surface area contributed by atoms with Crippen LogP contribution in [0.1, 0.15) is 17.0 Å². The molecule has 0 fully saturated rings. The first kappa shape index (κ1) is 26.4. The number of aryl methyl sites for hydroxylation is 1. The summed E-state index contributed by atoms with van der Waals surface area (Å²) < 4.78 is 61.1. The number of nitrogens with zero attached hydrogens (tertiary/aromatic N) is 5. The number of hydrogen-bond donors (Lipinski definition) is 1. The molecule has 0 unspecified atom stereocenters. The van der Waals surface area contributed by atoms with E-state index in [9.17, 15) is 27.6 Å². The number of benzene rings is 3. The van der Waals surface area contributed by atoms with Crippen LogP contribution in [0.15, 0.2) is 52.3 Å². The molecule has 0 saturated heterocycles. The molecule has 1 N–H and O–H groups in total. The van der Waals surface area contributed by atoms with Gasteiger partial charge in [0, 0.05) is 23.9 Å². The second kappa shape index (κ2) is 9.70. The van der Waals surface area contributed by atoms with Gasteiger partial charge in [-0.3, -0.25) is 23.4 Å². The largest absolute Gasteiger partial charge is 0.332 e. The Labute approximate surface area is 232 Å². The Morgan fingerprint density at radius 3 is 2.34 bits per heavy atom. The summed E-state index contributed by atoms with van der Waals surface area (Å²) in [6.07, 6.45) is 1.41. The molecular weight excluding hydrogens is 568 g/mol. The fraction of sp³-hybridized carbons (Fsp3) is 0.148. The van der Waals surface area contributed by atoms with Gasteiger partial charge in [-0.05, 0) is 41.5 Å². The van der Waals surface area contributed by atoms with E-state index in [1.165, 1.54) is 35.3 Å². The summed E-state index contributed by atoms with van der Waals surface area (Å²) in [5.74, 6) is -5.87. The van der Waals surface area contributed by atoms with Crippen molar-refractivity contribution >= 4 is 34.1 Å². The van der Waals surface area contributed by atoms with E-state index in [0.29, 0.717) is 23.4 Å². The molecule has 14 heteroatoms. The lowest BCUT2D eigenvalue weighted by molar-refractivity contribution is -0.115. The van der Waals surface area contributed by atoms with Crippen molar-refractivity contribution in [2.45, 2.75) is 19.5 Å².